The van der Waals surface area contributed by atoms with Gasteiger partial charge in [-0.2, -0.15) is 8.42 Å². The van der Waals surface area contributed by atoms with E-state index in [1.807, 2.05) is 0 Å². The van der Waals surface area contributed by atoms with Crippen molar-refractivity contribution in [3.8, 4) is 0 Å². The number of carbonyl (C=O) groups excluding carboxylic acids is 1. The highest BCUT2D eigenvalue weighted by atomic mass is 32.2. The molecule has 0 aliphatic heterocycles. The predicted octanol–water partition coefficient (Wildman–Crippen LogP) is 0.311. The Morgan fingerprint density at radius 1 is 1.29 bits per heavy atom. The Hall–Kier alpha value is -1.24. The van der Waals surface area contributed by atoms with Crippen LogP contribution in [0.2, 0.25) is 0 Å². The van der Waals surface area contributed by atoms with Gasteiger partial charge in [-0.1, -0.05) is 18.2 Å². The zero-order valence-corrected chi connectivity index (χ0v) is 8.21. The number of hydrogen-bond acceptors (Lipinski definition) is 3. The maximum absolute atomic E-state index is 10.9. The Balaban J connectivity index is 0.00000169. The van der Waals surface area contributed by atoms with Crippen molar-refractivity contribution >= 4 is 15.9 Å². The average molecular weight is 218 g/mol. The Morgan fingerprint density at radius 3 is 2.14 bits per heavy atom. The number of Topliss-reactive ketones (excluding diaryl/α,β-unsaturated/α-hetero) is 1. The molecular formula is C8H10O5S. The smallest absolute Gasteiger partial charge is 0.295 e. The molecule has 1 aromatic carbocycles. The molecule has 0 saturated carbocycles. The van der Waals surface area contributed by atoms with Crippen LogP contribution in [0.25, 0.3) is 0 Å². The van der Waals surface area contributed by atoms with Crippen LogP contribution in [0.4, 0.5) is 0 Å². The van der Waals surface area contributed by atoms with Crippen LogP contribution in [0, 0.1) is 0 Å². The third kappa shape index (κ3) is 2.63. The Bertz CT molecular complexity index is 435. The summed E-state index contributed by atoms with van der Waals surface area (Å²) in [6.07, 6.45) is 0. The topological polar surface area (TPSA) is 103 Å². The van der Waals surface area contributed by atoms with E-state index < -0.39 is 15.9 Å². The molecule has 0 heterocycles. The second kappa shape index (κ2) is 4.32. The molecule has 0 spiro atoms. The molecule has 0 aliphatic rings. The molecule has 0 amide bonds. The maximum atomic E-state index is 10.9. The van der Waals surface area contributed by atoms with E-state index in [1.165, 1.54) is 31.2 Å². The van der Waals surface area contributed by atoms with Crippen molar-refractivity contribution in [2.24, 2.45) is 0 Å². The van der Waals surface area contributed by atoms with Gasteiger partial charge in [-0.3, -0.25) is 9.35 Å². The molecule has 3 N–H and O–H groups in total. The normalized spacial score (nSPS) is 10.4. The van der Waals surface area contributed by atoms with Gasteiger partial charge >= 0.3 is 0 Å². The molecule has 1 aromatic rings. The molecule has 1 rings (SSSR count). The van der Waals surface area contributed by atoms with Gasteiger partial charge < -0.3 is 5.48 Å². The molecule has 6 heteroatoms. The van der Waals surface area contributed by atoms with Gasteiger partial charge in [0.25, 0.3) is 10.1 Å². The van der Waals surface area contributed by atoms with E-state index >= 15 is 0 Å². The number of carbonyl (C=O) groups is 1. The number of hydrogen-bond donors (Lipinski definition) is 1. The van der Waals surface area contributed by atoms with Crippen LogP contribution in [-0.4, -0.2) is 24.2 Å². The maximum Gasteiger partial charge on any atom is 0.295 e. The van der Waals surface area contributed by atoms with Gasteiger partial charge in [0.2, 0.25) is 0 Å². The lowest BCUT2D eigenvalue weighted by molar-refractivity contribution is 0.101. The van der Waals surface area contributed by atoms with Gasteiger partial charge in [-0.15, -0.1) is 0 Å². The molecule has 0 radical (unpaired) electrons. The lowest BCUT2D eigenvalue weighted by Gasteiger charge is -2.01. The summed E-state index contributed by atoms with van der Waals surface area (Å²) in [4.78, 5) is 10.6. The van der Waals surface area contributed by atoms with Crippen molar-refractivity contribution in [1.82, 2.24) is 0 Å². The summed E-state index contributed by atoms with van der Waals surface area (Å²) < 4.78 is 30.3. The average Bonchev–Trinajstić information content (AvgIpc) is 2.03. The largest absolute Gasteiger partial charge is 0.412 e. The zero-order chi connectivity index (χ0) is 10.1. The first-order valence-corrected chi connectivity index (χ1v) is 4.94. The van der Waals surface area contributed by atoms with E-state index in [9.17, 15) is 13.2 Å². The fourth-order valence-electron chi connectivity index (χ4n) is 0.982. The molecule has 14 heavy (non-hydrogen) atoms. The third-order valence-corrected chi connectivity index (χ3v) is 2.46. The van der Waals surface area contributed by atoms with Gasteiger partial charge in [0, 0.05) is 5.56 Å². The molecular weight excluding hydrogens is 208 g/mol. The van der Waals surface area contributed by atoms with Crippen molar-refractivity contribution in [1.29, 1.82) is 0 Å². The molecule has 0 fully saturated rings. The second-order valence-electron chi connectivity index (χ2n) is 2.53. The molecule has 0 aromatic heterocycles. The van der Waals surface area contributed by atoms with Crippen LogP contribution in [-0.2, 0) is 10.1 Å². The van der Waals surface area contributed by atoms with Crippen LogP contribution in [0.3, 0.4) is 0 Å². The van der Waals surface area contributed by atoms with Crippen molar-refractivity contribution in [3.05, 3.63) is 29.8 Å². The molecule has 5 nitrogen and oxygen atoms in total. The van der Waals surface area contributed by atoms with Gasteiger partial charge in [-0.05, 0) is 13.0 Å². The number of benzene rings is 1. The van der Waals surface area contributed by atoms with Crippen molar-refractivity contribution in [2.75, 3.05) is 0 Å². The lowest BCUT2D eigenvalue weighted by Crippen LogP contribution is -2.05. The minimum Gasteiger partial charge on any atom is -0.412 e. The molecule has 0 bridgehead atoms. The Labute approximate surface area is 81.4 Å². The third-order valence-electron chi connectivity index (χ3n) is 1.54. The van der Waals surface area contributed by atoms with E-state index in [2.05, 4.69) is 0 Å². The van der Waals surface area contributed by atoms with Gasteiger partial charge in [-0.25, -0.2) is 0 Å². The van der Waals surface area contributed by atoms with Crippen LogP contribution in [0.1, 0.15) is 17.3 Å². The monoisotopic (exact) mass is 218 g/mol. The number of ketones is 1. The van der Waals surface area contributed by atoms with Crippen LogP contribution in [0.5, 0.6) is 0 Å². The molecule has 0 aliphatic carbocycles. The SMILES string of the molecule is CC(=O)c1ccccc1S(=O)(=O)O.O. The van der Waals surface area contributed by atoms with Crippen LogP contribution < -0.4 is 0 Å². The van der Waals surface area contributed by atoms with Crippen LogP contribution in [0.15, 0.2) is 29.2 Å². The molecule has 0 atom stereocenters. The van der Waals surface area contributed by atoms with E-state index in [0.717, 1.165) is 0 Å². The summed E-state index contributed by atoms with van der Waals surface area (Å²) >= 11 is 0. The van der Waals surface area contributed by atoms with Crippen molar-refractivity contribution in [3.63, 3.8) is 0 Å². The van der Waals surface area contributed by atoms with E-state index in [-0.39, 0.29) is 15.9 Å². The summed E-state index contributed by atoms with van der Waals surface area (Å²) in [7, 11) is -4.30. The molecule has 78 valence electrons. The van der Waals surface area contributed by atoms with Gasteiger partial charge in [0.05, 0.1) is 0 Å². The Kier molecular flexibility index (Phi) is 3.93. The zero-order valence-electron chi connectivity index (χ0n) is 7.39. The minimum atomic E-state index is -4.30. The van der Waals surface area contributed by atoms with Gasteiger partial charge in [0.15, 0.2) is 5.78 Å². The van der Waals surface area contributed by atoms with E-state index in [0.29, 0.717) is 0 Å². The number of rotatable bonds is 2. The van der Waals surface area contributed by atoms with Gasteiger partial charge in [0.1, 0.15) is 4.90 Å². The second-order valence-corrected chi connectivity index (χ2v) is 3.92. The quantitative estimate of drug-likeness (QED) is 0.569. The summed E-state index contributed by atoms with van der Waals surface area (Å²) in [5.74, 6) is -0.395. The Morgan fingerprint density at radius 2 is 1.79 bits per heavy atom. The first-order chi connectivity index (χ1) is 5.93. The fraction of sp³-hybridized carbons (Fsp3) is 0.125. The first kappa shape index (κ1) is 12.8. The standard InChI is InChI=1S/C8H8O4S.H2O/c1-6(9)7-4-2-3-5-8(7)13(10,11)12;/h2-5H,1H3,(H,10,11,12);1H2. The van der Waals surface area contributed by atoms with Crippen molar-refractivity contribution in [2.45, 2.75) is 11.8 Å². The van der Waals surface area contributed by atoms with E-state index in [4.69, 9.17) is 4.55 Å². The predicted molar refractivity (Wildman–Crippen MR) is 49.9 cm³/mol. The highest BCUT2D eigenvalue weighted by Gasteiger charge is 2.16. The highest BCUT2D eigenvalue weighted by molar-refractivity contribution is 7.86. The van der Waals surface area contributed by atoms with Crippen molar-refractivity contribution < 1.29 is 23.2 Å². The summed E-state index contributed by atoms with van der Waals surface area (Å²) in [5.41, 5.74) is 0.00463. The summed E-state index contributed by atoms with van der Waals surface area (Å²) in [6.45, 7) is 1.24. The summed E-state index contributed by atoms with van der Waals surface area (Å²) in [6, 6.07) is 5.51. The molecule has 0 saturated heterocycles. The first-order valence-electron chi connectivity index (χ1n) is 3.50. The highest BCUT2D eigenvalue weighted by Crippen LogP contribution is 2.14. The van der Waals surface area contributed by atoms with E-state index in [1.54, 1.807) is 0 Å². The fourth-order valence-corrected chi connectivity index (χ4v) is 1.72. The van der Waals surface area contributed by atoms with Crippen LogP contribution >= 0.6 is 0 Å². The minimum absolute atomic E-state index is 0. The lowest BCUT2D eigenvalue weighted by atomic mass is 10.1. The molecule has 0 unspecified atom stereocenters. The summed E-state index contributed by atoms with van der Waals surface area (Å²) in [5, 5.41) is 0.